The van der Waals surface area contributed by atoms with Gasteiger partial charge in [-0.2, -0.15) is 4.98 Å². The van der Waals surface area contributed by atoms with Crippen molar-refractivity contribution in [1.82, 2.24) is 14.8 Å². The minimum absolute atomic E-state index is 0.226. The van der Waals surface area contributed by atoms with Crippen molar-refractivity contribution in [3.63, 3.8) is 0 Å². The molecular weight excluding hydrogens is 514 g/mol. The summed E-state index contributed by atoms with van der Waals surface area (Å²) < 4.78 is 18.2. The van der Waals surface area contributed by atoms with Crippen LogP contribution in [0.5, 0.6) is 17.2 Å². The van der Waals surface area contributed by atoms with E-state index in [1.54, 1.807) is 50.3 Å². The molecule has 0 aliphatic carbocycles. The van der Waals surface area contributed by atoms with Gasteiger partial charge in [0.25, 0.3) is 0 Å². The Kier molecular flexibility index (Phi) is 7.83. The van der Waals surface area contributed by atoms with Crippen molar-refractivity contribution in [2.45, 2.75) is 23.9 Å². The van der Waals surface area contributed by atoms with Gasteiger partial charge in [-0.25, -0.2) is 9.67 Å². The maximum atomic E-state index is 13.8. The first-order valence-electron chi connectivity index (χ1n) is 12.4. The fourth-order valence-electron chi connectivity index (χ4n) is 4.55. The molecule has 0 fully saturated rings. The minimum Gasteiger partial charge on any atom is -0.497 e. The van der Waals surface area contributed by atoms with E-state index in [2.05, 4.69) is 17.4 Å². The summed E-state index contributed by atoms with van der Waals surface area (Å²) in [5, 5.41) is 8.43. The number of methoxy groups -OCH3 is 3. The first-order chi connectivity index (χ1) is 19.0. The van der Waals surface area contributed by atoms with Crippen molar-refractivity contribution in [3.8, 4) is 17.2 Å². The number of nitrogens with zero attached hydrogens (tertiary/aromatic N) is 4. The van der Waals surface area contributed by atoms with Gasteiger partial charge < -0.3 is 19.5 Å². The summed E-state index contributed by atoms with van der Waals surface area (Å²) in [7, 11) is 4.81. The molecule has 10 heteroatoms. The number of carbonyl (C=O) groups is 1. The predicted octanol–water partition coefficient (Wildman–Crippen LogP) is 5.55. The Hall–Kier alpha value is -4.31. The normalized spacial score (nSPS) is 16.2. The lowest BCUT2D eigenvalue weighted by molar-refractivity contribution is -0.118. The van der Waals surface area contributed by atoms with Gasteiger partial charge >= 0.3 is 0 Å². The van der Waals surface area contributed by atoms with E-state index in [0.717, 1.165) is 11.1 Å². The summed E-state index contributed by atoms with van der Waals surface area (Å²) >= 11 is 1.52. The molecule has 3 aromatic carbocycles. The van der Waals surface area contributed by atoms with Crippen molar-refractivity contribution in [3.05, 3.63) is 83.9 Å². The van der Waals surface area contributed by atoms with Gasteiger partial charge in [-0.15, -0.1) is 5.10 Å². The zero-order valence-electron chi connectivity index (χ0n) is 22.1. The fourth-order valence-corrected chi connectivity index (χ4v) is 5.33. The molecule has 0 spiro atoms. The average Bonchev–Trinajstić information content (AvgIpc) is 3.38. The Morgan fingerprint density at radius 2 is 1.67 bits per heavy atom. The van der Waals surface area contributed by atoms with Crippen LogP contribution in [0.1, 0.15) is 24.1 Å². The van der Waals surface area contributed by atoms with Crippen molar-refractivity contribution in [2.24, 2.45) is 10.9 Å². The third kappa shape index (κ3) is 5.61. The van der Waals surface area contributed by atoms with Crippen LogP contribution < -0.4 is 19.5 Å². The number of aliphatic imine (C=N–C) groups is 1. The molecule has 4 aromatic rings. The highest BCUT2D eigenvalue weighted by molar-refractivity contribution is 7.98. The zero-order valence-corrected chi connectivity index (χ0v) is 22.9. The number of benzene rings is 3. The van der Waals surface area contributed by atoms with Crippen LogP contribution in [0.3, 0.4) is 0 Å². The molecule has 1 N–H and O–H groups in total. The number of carbonyl (C=O) groups excluding carboxylic acids is 1. The van der Waals surface area contributed by atoms with Crippen molar-refractivity contribution >= 4 is 35.0 Å². The van der Waals surface area contributed by atoms with Gasteiger partial charge in [0.05, 0.1) is 21.3 Å². The number of amides is 1. The van der Waals surface area contributed by atoms with Gasteiger partial charge in [-0.05, 0) is 55.0 Å². The second kappa shape index (κ2) is 11.6. The second-order valence-electron chi connectivity index (χ2n) is 8.91. The number of ether oxygens (including phenoxy) is 3. The van der Waals surface area contributed by atoms with Crippen LogP contribution in [0.25, 0.3) is 0 Å². The molecule has 0 saturated carbocycles. The first-order valence-corrected chi connectivity index (χ1v) is 13.3. The molecule has 39 heavy (non-hydrogen) atoms. The van der Waals surface area contributed by atoms with Crippen LogP contribution in [0.4, 0.5) is 11.6 Å². The molecule has 0 radical (unpaired) electrons. The van der Waals surface area contributed by atoms with E-state index >= 15 is 0 Å². The van der Waals surface area contributed by atoms with E-state index in [-0.39, 0.29) is 5.91 Å². The van der Waals surface area contributed by atoms with Crippen LogP contribution in [-0.4, -0.2) is 47.7 Å². The third-order valence-corrected chi connectivity index (χ3v) is 7.41. The Morgan fingerprint density at radius 3 is 2.36 bits per heavy atom. The van der Waals surface area contributed by atoms with Crippen molar-refractivity contribution in [1.29, 1.82) is 0 Å². The number of anilines is 1. The third-order valence-electron chi connectivity index (χ3n) is 6.51. The molecule has 1 aromatic heterocycles. The van der Waals surface area contributed by atoms with E-state index in [1.165, 1.54) is 11.8 Å². The van der Waals surface area contributed by atoms with E-state index in [0.29, 0.717) is 45.5 Å². The van der Waals surface area contributed by atoms with Gasteiger partial charge in [0.1, 0.15) is 29.2 Å². The monoisotopic (exact) mass is 543 g/mol. The van der Waals surface area contributed by atoms with Crippen LogP contribution >= 0.6 is 11.8 Å². The molecule has 1 aliphatic rings. The lowest BCUT2D eigenvalue weighted by Gasteiger charge is -2.31. The maximum Gasteiger partial charge on any atom is 0.249 e. The number of aromatic nitrogens is 3. The molecule has 0 saturated heterocycles. The highest BCUT2D eigenvalue weighted by Crippen LogP contribution is 2.42. The molecule has 2 atom stereocenters. The number of hydrogen-bond acceptors (Lipinski definition) is 8. The Bertz CT molecular complexity index is 1490. The maximum absolute atomic E-state index is 13.8. The molecule has 1 aliphatic heterocycles. The van der Waals surface area contributed by atoms with E-state index in [4.69, 9.17) is 29.3 Å². The van der Waals surface area contributed by atoms with E-state index < -0.39 is 12.0 Å². The van der Waals surface area contributed by atoms with E-state index in [9.17, 15) is 4.79 Å². The predicted molar refractivity (Wildman–Crippen MR) is 152 cm³/mol. The molecular formula is C29H29N5O4S. The van der Waals surface area contributed by atoms with Gasteiger partial charge in [0.15, 0.2) is 0 Å². The van der Waals surface area contributed by atoms with Gasteiger partial charge in [0.2, 0.25) is 17.0 Å². The highest BCUT2D eigenvalue weighted by Gasteiger charge is 2.41. The highest BCUT2D eigenvalue weighted by atomic mass is 32.2. The number of fused-ring (bicyclic) bond motifs is 1. The topological polar surface area (TPSA) is 99.9 Å². The Labute approximate surface area is 231 Å². The number of hydrogen-bond donors (Lipinski definition) is 1. The number of nitrogens with one attached hydrogen (secondary N) is 1. The summed E-state index contributed by atoms with van der Waals surface area (Å²) in [6, 6.07) is 22.3. The van der Waals surface area contributed by atoms with Crippen LogP contribution in [0.2, 0.25) is 0 Å². The number of thioether (sulfide) groups is 1. The Balaban J connectivity index is 1.54. The molecule has 5 rings (SSSR count). The molecule has 9 nitrogen and oxygen atoms in total. The van der Waals surface area contributed by atoms with Crippen LogP contribution in [0, 0.1) is 5.92 Å². The molecule has 0 bridgehead atoms. The van der Waals surface area contributed by atoms with Crippen molar-refractivity contribution in [2.75, 3.05) is 26.6 Å². The van der Waals surface area contributed by atoms with Crippen LogP contribution in [0.15, 0.2) is 82.9 Å². The van der Waals surface area contributed by atoms with Crippen LogP contribution in [-0.2, 0) is 10.5 Å². The van der Waals surface area contributed by atoms with Gasteiger partial charge in [0, 0.05) is 22.7 Å². The van der Waals surface area contributed by atoms with Crippen molar-refractivity contribution < 1.29 is 19.0 Å². The quantitative estimate of drug-likeness (QED) is 0.277. The summed E-state index contributed by atoms with van der Waals surface area (Å²) in [6.07, 6.45) is 0. The molecule has 2 unspecified atom stereocenters. The minimum atomic E-state index is -0.686. The van der Waals surface area contributed by atoms with Gasteiger partial charge in [-0.3, -0.25) is 4.79 Å². The zero-order chi connectivity index (χ0) is 27.4. The molecule has 200 valence electrons. The summed E-state index contributed by atoms with van der Waals surface area (Å²) in [5.41, 5.74) is 3.17. The lowest BCUT2D eigenvalue weighted by atomic mass is 9.87. The van der Waals surface area contributed by atoms with E-state index in [1.807, 2.05) is 43.3 Å². The summed E-state index contributed by atoms with van der Waals surface area (Å²) in [5.74, 6) is 2.19. The Morgan fingerprint density at radius 1 is 0.949 bits per heavy atom. The smallest absolute Gasteiger partial charge is 0.249 e. The van der Waals surface area contributed by atoms with Gasteiger partial charge in [-0.1, -0.05) is 42.1 Å². The molecule has 2 heterocycles. The lowest BCUT2D eigenvalue weighted by Crippen LogP contribution is -2.39. The average molecular weight is 544 g/mol. The SMILES string of the molecule is COc1ccc(NC(=O)C2C(C)=Nc3nc(SCc4ccccc4)nn3C2c2cc(OC)ccc2OC)cc1. The fraction of sp³-hybridized carbons (Fsp3) is 0.241. The standard InChI is InChI=1S/C29H29N5O4S/c1-18-25(27(35)31-20-10-12-21(36-2)13-11-20)26(23-16-22(37-3)14-15-24(23)38-4)34-28(30-18)32-29(33-34)39-17-19-8-6-5-7-9-19/h5-16,25-26H,17H2,1-4H3,(H,31,35). The second-order valence-corrected chi connectivity index (χ2v) is 9.86. The molecule has 1 amide bonds. The first kappa shape index (κ1) is 26.3. The summed E-state index contributed by atoms with van der Waals surface area (Å²) in [4.78, 5) is 23.2. The number of rotatable bonds is 9. The largest absolute Gasteiger partial charge is 0.497 e. The summed E-state index contributed by atoms with van der Waals surface area (Å²) in [6.45, 7) is 1.84.